The number of nitrogens with zero attached hydrogens (tertiary/aromatic N) is 2. The summed E-state index contributed by atoms with van der Waals surface area (Å²) in [6.07, 6.45) is 3.76. The number of benzene rings is 1. The topological polar surface area (TPSA) is 43.8 Å². The van der Waals surface area contributed by atoms with Gasteiger partial charge in [0.1, 0.15) is 0 Å². The van der Waals surface area contributed by atoms with Gasteiger partial charge in [0.2, 0.25) is 0 Å². The van der Waals surface area contributed by atoms with E-state index < -0.39 is 0 Å². The van der Waals surface area contributed by atoms with Gasteiger partial charge in [0.15, 0.2) is 5.16 Å². The molecule has 0 atom stereocenters. The largest absolute Gasteiger partial charge is 0.330 e. The highest BCUT2D eigenvalue weighted by atomic mass is 79.9. The first kappa shape index (κ1) is 11.7. The molecule has 3 nitrogen and oxygen atoms in total. The van der Waals surface area contributed by atoms with Crippen LogP contribution >= 0.6 is 27.7 Å². The third-order valence-electron chi connectivity index (χ3n) is 2.04. The summed E-state index contributed by atoms with van der Waals surface area (Å²) in [6.45, 7) is 0.663. The number of imidazole rings is 1. The quantitative estimate of drug-likeness (QED) is 0.883. The molecular formula is C11H12BrN3S. The average Bonchev–Trinajstić information content (AvgIpc) is 2.74. The number of aromatic nitrogens is 2. The van der Waals surface area contributed by atoms with E-state index in [2.05, 4.69) is 37.6 Å². The molecule has 0 aliphatic rings. The van der Waals surface area contributed by atoms with Crippen LogP contribution in [-0.4, -0.2) is 21.8 Å². The second-order valence-corrected chi connectivity index (χ2v) is 5.17. The lowest BCUT2D eigenvalue weighted by atomic mass is 10.3. The standard InChI is InChI=1S/C11H12BrN3S/c12-9-2-1-3-10(8-9)15-6-5-14-11(15)16-7-4-13/h1-3,5-6,8H,4,7,13H2. The molecule has 1 aromatic heterocycles. The van der Waals surface area contributed by atoms with E-state index in [9.17, 15) is 0 Å². The smallest absolute Gasteiger partial charge is 0.172 e. The average molecular weight is 298 g/mol. The van der Waals surface area contributed by atoms with Crippen molar-refractivity contribution in [2.75, 3.05) is 12.3 Å². The van der Waals surface area contributed by atoms with Gasteiger partial charge in [-0.3, -0.25) is 4.57 Å². The van der Waals surface area contributed by atoms with Gasteiger partial charge < -0.3 is 5.73 Å². The van der Waals surface area contributed by atoms with Gasteiger partial charge in [-0.05, 0) is 18.2 Å². The number of hydrogen-bond donors (Lipinski definition) is 1. The van der Waals surface area contributed by atoms with E-state index in [1.165, 1.54) is 0 Å². The molecule has 84 valence electrons. The summed E-state index contributed by atoms with van der Waals surface area (Å²) in [5.41, 5.74) is 6.60. The Hall–Kier alpha value is -0.780. The van der Waals surface area contributed by atoms with E-state index in [0.717, 1.165) is 21.1 Å². The van der Waals surface area contributed by atoms with Crippen LogP contribution in [0, 0.1) is 0 Å². The molecule has 0 aliphatic carbocycles. The first-order valence-corrected chi connectivity index (χ1v) is 6.71. The van der Waals surface area contributed by atoms with Crippen molar-refractivity contribution in [1.82, 2.24) is 9.55 Å². The number of thioether (sulfide) groups is 1. The van der Waals surface area contributed by atoms with Crippen LogP contribution in [-0.2, 0) is 0 Å². The number of hydrogen-bond acceptors (Lipinski definition) is 3. The molecule has 0 fully saturated rings. The van der Waals surface area contributed by atoms with E-state index in [4.69, 9.17) is 5.73 Å². The van der Waals surface area contributed by atoms with Crippen molar-refractivity contribution in [2.24, 2.45) is 5.73 Å². The summed E-state index contributed by atoms with van der Waals surface area (Å²) in [5, 5.41) is 0.976. The van der Waals surface area contributed by atoms with E-state index in [1.54, 1.807) is 18.0 Å². The van der Waals surface area contributed by atoms with Crippen molar-refractivity contribution in [1.29, 1.82) is 0 Å². The van der Waals surface area contributed by atoms with E-state index >= 15 is 0 Å². The number of nitrogens with two attached hydrogens (primary N) is 1. The minimum Gasteiger partial charge on any atom is -0.330 e. The Bertz CT molecular complexity index is 470. The van der Waals surface area contributed by atoms with Crippen molar-refractivity contribution in [2.45, 2.75) is 5.16 Å². The fourth-order valence-electron chi connectivity index (χ4n) is 1.37. The molecule has 1 aromatic carbocycles. The van der Waals surface area contributed by atoms with Gasteiger partial charge >= 0.3 is 0 Å². The van der Waals surface area contributed by atoms with Crippen LogP contribution in [0.25, 0.3) is 5.69 Å². The lowest BCUT2D eigenvalue weighted by Gasteiger charge is -2.07. The van der Waals surface area contributed by atoms with Gasteiger partial charge in [0, 0.05) is 34.9 Å². The first-order chi connectivity index (χ1) is 7.81. The van der Waals surface area contributed by atoms with Crippen molar-refractivity contribution >= 4 is 27.7 Å². The fraction of sp³-hybridized carbons (Fsp3) is 0.182. The Balaban J connectivity index is 2.29. The molecule has 0 spiro atoms. The minimum absolute atomic E-state index is 0.663. The lowest BCUT2D eigenvalue weighted by molar-refractivity contribution is 0.893. The summed E-state index contributed by atoms with van der Waals surface area (Å²) >= 11 is 5.13. The molecule has 16 heavy (non-hydrogen) atoms. The summed E-state index contributed by atoms with van der Waals surface area (Å²) < 4.78 is 3.12. The predicted octanol–water partition coefficient (Wildman–Crippen LogP) is 2.69. The molecule has 2 aromatic rings. The van der Waals surface area contributed by atoms with E-state index in [1.807, 2.05) is 18.3 Å². The van der Waals surface area contributed by atoms with E-state index in [-0.39, 0.29) is 0 Å². The zero-order valence-corrected chi connectivity index (χ0v) is 11.0. The van der Waals surface area contributed by atoms with Crippen molar-refractivity contribution in [3.63, 3.8) is 0 Å². The van der Waals surface area contributed by atoms with Crippen LogP contribution in [0.15, 0.2) is 46.3 Å². The van der Waals surface area contributed by atoms with Gasteiger partial charge in [-0.1, -0.05) is 33.8 Å². The Labute approximate surface area is 107 Å². The molecule has 0 radical (unpaired) electrons. The van der Waals surface area contributed by atoms with Crippen LogP contribution in [0.3, 0.4) is 0 Å². The number of rotatable bonds is 4. The zero-order chi connectivity index (χ0) is 11.4. The molecule has 0 amide bonds. The molecule has 5 heteroatoms. The second-order valence-electron chi connectivity index (χ2n) is 3.20. The van der Waals surface area contributed by atoms with E-state index in [0.29, 0.717) is 6.54 Å². The normalized spacial score (nSPS) is 10.6. The lowest BCUT2D eigenvalue weighted by Crippen LogP contribution is -2.03. The zero-order valence-electron chi connectivity index (χ0n) is 8.64. The van der Waals surface area contributed by atoms with Gasteiger partial charge in [-0.2, -0.15) is 0 Å². The van der Waals surface area contributed by atoms with Gasteiger partial charge in [-0.25, -0.2) is 4.98 Å². The fourth-order valence-corrected chi connectivity index (χ4v) is 2.50. The van der Waals surface area contributed by atoms with Crippen molar-refractivity contribution < 1.29 is 0 Å². The van der Waals surface area contributed by atoms with Crippen LogP contribution in [0.2, 0.25) is 0 Å². The Kier molecular flexibility index (Phi) is 4.04. The van der Waals surface area contributed by atoms with Gasteiger partial charge in [-0.15, -0.1) is 0 Å². The Morgan fingerprint density at radius 2 is 2.31 bits per heavy atom. The maximum Gasteiger partial charge on any atom is 0.172 e. The molecule has 0 unspecified atom stereocenters. The third kappa shape index (κ3) is 2.66. The molecule has 2 rings (SSSR count). The maximum atomic E-state index is 5.49. The van der Waals surface area contributed by atoms with Crippen LogP contribution in [0.1, 0.15) is 0 Å². The number of halogens is 1. The van der Waals surface area contributed by atoms with Crippen molar-refractivity contribution in [3.05, 3.63) is 41.1 Å². The van der Waals surface area contributed by atoms with Crippen LogP contribution < -0.4 is 5.73 Å². The molecule has 0 saturated heterocycles. The molecule has 0 bridgehead atoms. The minimum atomic E-state index is 0.663. The molecular weight excluding hydrogens is 286 g/mol. The highest BCUT2D eigenvalue weighted by molar-refractivity contribution is 9.10. The Morgan fingerprint density at radius 1 is 1.44 bits per heavy atom. The third-order valence-corrected chi connectivity index (χ3v) is 3.54. The summed E-state index contributed by atoms with van der Waals surface area (Å²) in [4.78, 5) is 4.31. The van der Waals surface area contributed by atoms with Gasteiger partial charge in [0.05, 0.1) is 0 Å². The Morgan fingerprint density at radius 3 is 3.06 bits per heavy atom. The SMILES string of the molecule is NCCSc1nccn1-c1cccc(Br)c1. The van der Waals surface area contributed by atoms with Crippen LogP contribution in [0.4, 0.5) is 0 Å². The monoisotopic (exact) mass is 297 g/mol. The van der Waals surface area contributed by atoms with Gasteiger partial charge in [0.25, 0.3) is 0 Å². The van der Waals surface area contributed by atoms with Crippen LogP contribution in [0.5, 0.6) is 0 Å². The second kappa shape index (κ2) is 5.52. The highest BCUT2D eigenvalue weighted by Gasteiger charge is 2.05. The first-order valence-electron chi connectivity index (χ1n) is 4.93. The molecule has 1 heterocycles. The maximum absolute atomic E-state index is 5.49. The highest BCUT2D eigenvalue weighted by Crippen LogP contribution is 2.22. The summed E-state index contributed by atoms with van der Waals surface area (Å²) in [6, 6.07) is 8.14. The molecule has 0 saturated carbocycles. The summed E-state index contributed by atoms with van der Waals surface area (Å²) in [5.74, 6) is 0.880. The summed E-state index contributed by atoms with van der Waals surface area (Å²) in [7, 11) is 0. The predicted molar refractivity (Wildman–Crippen MR) is 71.0 cm³/mol. The molecule has 0 aliphatic heterocycles. The van der Waals surface area contributed by atoms with Crippen molar-refractivity contribution in [3.8, 4) is 5.69 Å². The molecule has 2 N–H and O–H groups in total.